The quantitative estimate of drug-likeness (QED) is 0.795. The van der Waals surface area contributed by atoms with Crippen molar-refractivity contribution in [1.82, 2.24) is 5.32 Å². The number of halogens is 4. The molecule has 0 atom stereocenters. The Balaban J connectivity index is 1.87. The average Bonchev–Trinajstić information content (AvgIpc) is 3.02. The van der Waals surface area contributed by atoms with Crippen LogP contribution in [0.15, 0.2) is 45.5 Å². The third-order valence-electron chi connectivity index (χ3n) is 2.94. The van der Waals surface area contributed by atoms with E-state index >= 15 is 0 Å². The molecule has 2 aromatic rings. The van der Waals surface area contributed by atoms with Gasteiger partial charge in [-0.05, 0) is 30.3 Å². The number of nitrogens with one attached hydrogen (secondary N) is 2. The Kier molecular flexibility index (Phi) is 5.66. The fraction of sp³-hybridized carbons (Fsp3) is 0.200. The number of anilines is 1. The molecular formula is C15H12BrF3N2O3. The molecule has 0 saturated heterocycles. The number of rotatable bonds is 5. The normalized spacial score (nSPS) is 11.2. The molecule has 0 spiro atoms. The molecule has 1 aromatic heterocycles. The summed E-state index contributed by atoms with van der Waals surface area (Å²) in [6.45, 7) is 0.0218. The zero-order valence-corrected chi connectivity index (χ0v) is 13.7. The summed E-state index contributed by atoms with van der Waals surface area (Å²) in [5.74, 6) is -0.890. The van der Waals surface area contributed by atoms with Crippen molar-refractivity contribution < 1.29 is 27.2 Å². The van der Waals surface area contributed by atoms with E-state index < -0.39 is 23.6 Å². The first kappa shape index (κ1) is 18.1. The highest BCUT2D eigenvalue weighted by Crippen LogP contribution is 2.36. The highest BCUT2D eigenvalue weighted by Gasteiger charge is 2.33. The lowest BCUT2D eigenvalue weighted by Crippen LogP contribution is -2.27. The fourth-order valence-electron chi connectivity index (χ4n) is 1.83. The molecule has 2 rings (SSSR count). The molecule has 128 valence electrons. The minimum absolute atomic E-state index is 0.0212. The van der Waals surface area contributed by atoms with Crippen LogP contribution in [0.1, 0.15) is 22.5 Å². The van der Waals surface area contributed by atoms with Gasteiger partial charge in [0.05, 0.1) is 11.8 Å². The number of hydrogen-bond acceptors (Lipinski definition) is 3. The molecule has 0 aliphatic rings. The van der Waals surface area contributed by atoms with Crippen molar-refractivity contribution in [2.24, 2.45) is 0 Å². The molecule has 2 N–H and O–H groups in total. The lowest BCUT2D eigenvalue weighted by Gasteiger charge is -2.12. The van der Waals surface area contributed by atoms with Crippen LogP contribution in [-0.4, -0.2) is 18.4 Å². The predicted octanol–water partition coefficient (Wildman–Crippen LogP) is 3.82. The second-order valence-corrected chi connectivity index (χ2v) is 5.58. The van der Waals surface area contributed by atoms with Crippen LogP contribution >= 0.6 is 15.9 Å². The van der Waals surface area contributed by atoms with Crippen LogP contribution in [0.25, 0.3) is 0 Å². The number of furan rings is 1. The van der Waals surface area contributed by atoms with E-state index in [1.54, 1.807) is 6.07 Å². The van der Waals surface area contributed by atoms with Gasteiger partial charge in [0.2, 0.25) is 5.91 Å². The van der Waals surface area contributed by atoms with Crippen LogP contribution in [0.5, 0.6) is 0 Å². The Morgan fingerprint density at radius 2 is 1.96 bits per heavy atom. The van der Waals surface area contributed by atoms with E-state index in [0.29, 0.717) is 0 Å². The van der Waals surface area contributed by atoms with Gasteiger partial charge in [0.15, 0.2) is 5.76 Å². The molecule has 1 heterocycles. The summed E-state index contributed by atoms with van der Waals surface area (Å²) in [5, 5.41) is 4.82. The second-order valence-electron chi connectivity index (χ2n) is 4.72. The molecule has 0 fully saturated rings. The van der Waals surface area contributed by atoms with Crippen molar-refractivity contribution in [3.63, 3.8) is 0 Å². The summed E-state index contributed by atoms with van der Waals surface area (Å²) in [5.41, 5.74) is -0.862. The number of hydrogen-bond donors (Lipinski definition) is 2. The number of amides is 2. The van der Waals surface area contributed by atoms with Crippen LogP contribution in [-0.2, 0) is 11.0 Å². The molecule has 0 aliphatic heterocycles. The van der Waals surface area contributed by atoms with Crippen molar-refractivity contribution in [2.75, 3.05) is 11.9 Å². The Hall–Kier alpha value is -2.29. The Labute approximate surface area is 143 Å². The second kappa shape index (κ2) is 7.52. The van der Waals surface area contributed by atoms with E-state index in [1.165, 1.54) is 24.5 Å². The monoisotopic (exact) mass is 404 g/mol. The fourth-order valence-corrected chi connectivity index (χ4v) is 2.30. The van der Waals surface area contributed by atoms with E-state index in [9.17, 15) is 22.8 Å². The summed E-state index contributed by atoms with van der Waals surface area (Å²) in [6, 6.07) is 6.41. The molecule has 0 saturated carbocycles. The third kappa shape index (κ3) is 4.85. The van der Waals surface area contributed by atoms with Crippen molar-refractivity contribution in [1.29, 1.82) is 0 Å². The number of carbonyl (C=O) groups is 2. The van der Waals surface area contributed by atoms with E-state index in [1.807, 2.05) is 0 Å². The van der Waals surface area contributed by atoms with Crippen LogP contribution in [0.2, 0.25) is 0 Å². The van der Waals surface area contributed by atoms with Gasteiger partial charge in [0, 0.05) is 23.1 Å². The lowest BCUT2D eigenvalue weighted by molar-refractivity contribution is -0.138. The summed E-state index contributed by atoms with van der Waals surface area (Å²) in [4.78, 5) is 23.3. The van der Waals surface area contributed by atoms with Gasteiger partial charge in [0.1, 0.15) is 0 Å². The highest BCUT2D eigenvalue weighted by atomic mass is 79.9. The van der Waals surface area contributed by atoms with Gasteiger partial charge in [0.25, 0.3) is 5.91 Å². The Bertz CT molecular complexity index is 730. The topological polar surface area (TPSA) is 71.3 Å². The number of alkyl halides is 3. The largest absolute Gasteiger partial charge is 0.459 e. The lowest BCUT2D eigenvalue weighted by atomic mass is 10.2. The van der Waals surface area contributed by atoms with Crippen LogP contribution < -0.4 is 10.6 Å². The first-order valence-corrected chi connectivity index (χ1v) is 7.55. The molecule has 5 nitrogen and oxygen atoms in total. The Morgan fingerprint density at radius 1 is 1.21 bits per heavy atom. The molecule has 24 heavy (non-hydrogen) atoms. The molecule has 0 radical (unpaired) electrons. The summed E-state index contributed by atoms with van der Waals surface area (Å²) in [7, 11) is 0. The SMILES string of the molecule is O=C(CCNC(=O)c1ccco1)Nc1ccc(Br)c(C(F)(F)F)c1. The van der Waals surface area contributed by atoms with Crippen LogP contribution in [0, 0.1) is 0 Å². The first-order valence-electron chi connectivity index (χ1n) is 6.75. The van der Waals surface area contributed by atoms with Gasteiger partial charge in [-0.2, -0.15) is 13.2 Å². The van der Waals surface area contributed by atoms with Gasteiger partial charge in [-0.3, -0.25) is 9.59 Å². The molecular weight excluding hydrogens is 393 g/mol. The maximum atomic E-state index is 12.8. The van der Waals surface area contributed by atoms with Gasteiger partial charge in [-0.1, -0.05) is 15.9 Å². The molecule has 0 bridgehead atoms. The third-order valence-corrected chi connectivity index (χ3v) is 3.63. The predicted molar refractivity (Wildman–Crippen MR) is 83.4 cm³/mol. The average molecular weight is 405 g/mol. The van der Waals surface area contributed by atoms with Gasteiger partial charge < -0.3 is 15.1 Å². The van der Waals surface area contributed by atoms with E-state index in [4.69, 9.17) is 4.42 Å². The van der Waals surface area contributed by atoms with Crippen LogP contribution in [0.3, 0.4) is 0 Å². The molecule has 2 amide bonds. The van der Waals surface area contributed by atoms with Crippen molar-refractivity contribution in [3.8, 4) is 0 Å². The zero-order chi connectivity index (χ0) is 17.7. The maximum absolute atomic E-state index is 12.8. The van der Waals surface area contributed by atoms with E-state index in [0.717, 1.165) is 6.07 Å². The van der Waals surface area contributed by atoms with Gasteiger partial charge in [-0.15, -0.1) is 0 Å². The summed E-state index contributed by atoms with van der Waals surface area (Å²) >= 11 is 2.82. The standard InChI is InChI=1S/C15H12BrF3N2O3/c16-11-4-3-9(8-10(11)15(17,18)19)21-13(22)5-6-20-14(23)12-2-1-7-24-12/h1-4,7-8H,5-6H2,(H,20,23)(H,21,22). The van der Waals surface area contributed by atoms with Gasteiger partial charge >= 0.3 is 6.18 Å². The summed E-state index contributed by atoms with van der Waals surface area (Å²) in [6.07, 6.45) is -3.28. The van der Waals surface area contributed by atoms with Crippen molar-refractivity contribution in [2.45, 2.75) is 12.6 Å². The molecule has 9 heteroatoms. The molecule has 1 aromatic carbocycles. The first-order chi connectivity index (χ1) is 11.3. The minimum atomic E-state index is -4.53. The number of benzene rings is 1. The summed E-state index contributed by atoms with van der Waals surface area (Å²) < 4.78 is 43.1. The van der Waals surface area contributed by atoms with Crippen LogP contribution in [0.4, 0.5) is 18.9 Å². The highest BCUT2D eigenvalue weighted by molar-refractivity contribution is 9.10. The zero-order valence-electron chi connectivity index (χ0n) is 12.1. The molecule has 0 aliphatic carbocycles. The van der Waals surface area contributed by atoms with Crippen molar-refractivity contribution in [3.05, 3.63) is 52.4 Å². The number of carbonyl (C=O) groups excluding carboxylic acids is 2. The van der Waals surface area contributed by atoms with E-state index in [2.05, 4.69) is 26.6 Å². The van der Waals surface area contributed by atoms with E-state index in [-0.39, 0.29) is 28.9 Å². The smallest absolute Gasteiger partial charge is 0.417 e. The van der Waals surface area contributed by atoms with Crippen molar-refractivity contribution >= 4 is 33.4 Å². The minimum Gasteiger partial charge on any atom is -0.459 e. The maximum Gasteiger partial charge on any atom is 0.417 e. The molecule has 0 unspecified atom stereocenters. The Morgan fingerprint density at radius 3 is 2.58 bits per heavy atom. The van der Waals surface area contributed by atoms with Gasteiger partial charge in [-0.25, -0.2) is 0 Å².